The van der Waals surface area contributed by atoms with Gasteiger partial charge in [0.2, 0.25) is 0 Å². The first-order valence-electron chi connectivity index (χ1n) is 4.06. The van der Waals surface area contributed by atoms with Gasteiger partial charge in [-0.1, -0.05) is 12.8 Å². The van der Waals surface area contributed by atoms with Gasteiger partial charge in [0.25, 0.3) is 0 Å². The van der Waals surface area contributed by atoms with Gasteiger partial charge in [-0.25, -0.2) is 0 Å². The largest absolute Gasteiger partial charge is 0.481 e. The number of carboxylic acids is 2. The van der Waals surface area contributed by atoms with E-state index < -0.39 is 11.9 Å². The Bertz CT molecular complexity index is 140. The van der Waals surface area contributed by atoms with Crippen LogP contribution in [0.3, 0.4) is 0 Å². The van der Waals surface area contributed by atoms with Gasteiger partial charge >= 0.3 is 11.9 Å². The van der Waals surface area contributed by atoms with Gasteiger partial charge in [0.1, 0.15) is 0 Å². The standard InChI is InChI=1S/C8H14O4.Na/c9-7(10)5-3-1-2-4-6-8(11)12;/h1-6H2,(H,9,10)(H,11,12);. The van der Waals surface area contributed by atoms with Crippen molar-refractivity contribution in [2.75, 3.05) is 0 Å². The van der Waals surface area contributed by atoms with Crippen LogP contribution in [0.4, 0.5) is 0 Å². The maximum absolute atomic E-state index is 10.0. The summed E-state index contributed by atoms with van der Waals surface area (Å²) < 4.78 is 0. The van der Waals surface area contributed by atoms with Crippen molar-refractivity contribution in [3.8, 4) is 0 Å². The molecule has 1 radical (unpaired) electrons. The molecule has 0 aliphatic carbocycles. The van der Waals surface area contributed by atoms with Gasteiger partial charge in [-0.2, -0.15) is 0 Å². The number of carbonyl (C=O) groups is 2. The number of hydrogen-bond acceptors (Lipinski definition) is 2. The monoisotopic (exact) mass is 197 g/mol. The molecule has 0 aromatic carbocycles. The molecule has 0 saturated carbocycles. The second-order valence-corrected chi connectivity index (χ2v) is 2.70. The summed E-state index contributed by atoms with van der Waals surface area (Å²) in [6.45, 7) is 0. The minimum absolute atomic E-state index is 0. The SMILES string of the molecule is O=C(O)CCCCCCC(=O)O.[Na]. The molecule has 0 atom stereocenters. The summed E-state index contributed by atoms with van der Waals surface area (Å²) >= 11 is 0. The molecule has 0 spiro atoms. The van der Waals surface area contributed by atoms with Crippen LogP contribution in [0.2, 0.25) is 0 Å². The Morgan fingerprint density at radius 1 is 0.769 bits per heavy atom. The van der Waals surface area contributed by atoms with Crippen molar-refractivity contribution in [3.63, 3.8) is 0 Å². The van der Waals surface area contributed by atoms with Crippen molar-refractivity contribution < 1.29 is 19.8 Å². The molecule has 13 heavy (non-hydrogen) atoms. The molecule has 0 aliphatic rings. The predicted octanol–water partition coefficient (Wildman–Crippen LogP) is 1.12. The van der Waals surface area contributed by atoms with E-state index in [1.54, 1.807) is 0 Å². The van der Waals surface area contributed by atoms with Crippen LogP contribution in [0, 0.1) is 0 Å². The average Bonchev–Trinajstić information content (AvgIpc) is 1.95. The van der Waals surface area contributed by atoms with Crippen molar-refractivity contribution in [3.05, 3.63) is 0 Å². The van der Waals surface area contributed by atoms with Crippen LogP contribution in [-0.2, 0) is 9.59 Å². The Morgan fingerprint density at radius 3 is 1.31 bits per heavy atom. The van der Waals surface area contributed by atoms with Crippen molar-refractivity contribution in [1.82, 2.24) is 0 Å². The third kappa shape index (κ3) is 14.8. The fraction of sp³-hybridized carbons (Fsp3) is 0.750. The molecule has 0 fully saturated rings. The van der Waals surface area contributed by atoms with Gasteiger partial charge in [-0.15, -0.1) is 0 Å². The van der Waals surface area contributed by atoms with Crippen LogP contribution in [0.5, 0.6) is 0 Å². The van der Waals surface area contributed by atoms with E-state index in [1.807, 2.05) is 0 Å². The number of aliphatic carboxylic acids is 2. The van der Waals surface area contributed by atoms with E-state index in [4.69, 9.17) is 10.2 Å². The molecule has 0 heterocycles. The summed E-state index contributed by atoms with van der Waals surface area (Å²) in [7, 11) is 0. The smallest absolute Gasteiger partial charge is 0.303 e. The maximum atomic E-state index is 10.0. The van der Waals surface area contributed by atoms with E-state index in [9.17, 15) is 9.59 Å². The van der Waals surface area contributed by atoms with Gasteiger partial charge in [0.15, 0.2) is 0 Å². The molecule has 0 amide bonds. The third-order valence-corrected chi connectivity index (χ3v) is 1.53. The third-order valence-electron chi connectivity index (χ3n) is 1.53. The molecule has 0 saturated heterocycles. The maximum Gasteiger partial charge on any atom is 0.303 e. The molecule has 0 aliphatic heterocycles. The number of rotatable bonds is 7. The second kappa shape index (κ2) is 10.0. The minimum atomic E-state index is -0.784. The first kappa shape index (κ1) is 15.4. The Morgan fingerprint density at radius 2 is 1.08 bits per heavy atom. The first-order valence-corrected chi connectivity index (χ1v) is 4.06. The molecule has 5 heteroatoms. The average molecular weight is 197 g/mol. The zero-order valence-corrected chi connectivity index (χ0v) is 9.95. The molecule has 0 unspecified atom stereocenters. The van der Waals surface area contributed by atoms with Gasteiger partial charge < -0.3 is 10.2 Å². The normalized spacial score (nSPS) is 8.92. The quantitative estimate of drug-likeness (QED) is 0.473. The predicted molar refractivity (Wildman–Crippen MR) is 48.7 cm³/mol. The Hall–Kier alpha value is -0.0600. The van der Waals surface area contributed by atoms with Gasteiger partial charge in [0.05, 0.1) is 0 Å². The molecule has 0 rings (SSSR count). The van der Waals surface area contributed by atoms with E-state index in [1.165, 1.54) is 0 Å². The van der Waals surface area contributed by atoms with Crippen LogP contribution in [0.15, 0.2) is 0 Å². The number of carboxylic acid groups (broad SMARTS) is 2. The molecule has 4 nitrogen and oxygen atoms in total. The Balaban J connectivity index is 0. The Kier molecular flexibility index (Phi) is 11.9. The molecule has 0 aromatic rings. The number of unbranched alkanes of at least 4 members (excludes halogenated alkanes) is 3. The molecular formula is C8H14NaO4. The summed E-state index contributed by atoms with van der Waals surface area (Å²) in [4.78, 5) is 20.1. The van der Waals surface area contributed by atoms with Crippen LogP contribution in [-0.4, -0.2) is 51.7 Å². The summed E-state index contributed by atoms with van der Waals surface area (Å²) in [5.74, 6) is -1.57. The minimum Gasteiger partial charge on any atom is -0.481 e. The van der Waals surface area contributed by atoms with Crippen LogP contribution >= 0.6 is 0 Å². The topological polar surface area (TPSA) is 74.6 Å². The van der Waals surface area contributed by atoms with Crippen LogP contribution < -0.4 is 0 Å². The van der Waals surface area contributed by atoms with Crippen molar-refractivity contribution in [1.29, 1.82) is 0 Å². The van der Waals surface area contributed by atoms with Gasteiger partial charge in [-0.3, -0.25) is 9.59 Å². The zero-order chi connectivity index (χ0) is 9.40. The molecule has 0 bridgehead atoms. The molecule has 2 N–H and O–H groups in total. The van der Waals surface area contributed by atoms with E-state index >= 15 is 0 Å². The van der Waals surface area contributed by atoms with Crippen molar-refractivity contribution in [2.24, 2.45) is 0 Å². The van der Waals surface area contributed by atoms with Gasteiger partial charge in [0, 0.05) is 42.4 Å². The molecule has 71 valence electrons. The van der Waals surface area contributed by atoms with Crippen LogP contribution in [0.1, 0.15) is 38.5 Å². The first-order chi connectivity index (χ1) is 5.63. The second-order valence-electron chi connectivity index (χ2n) is 2.70. The fourth-order valence-electron chi connectivity index (χ4n) is 0.906. The van der Waals surface area contributed by atoms with E-state index in [0.717, 1.165) is 12.8 Å². The van der Waals surface area contributed by atoms with Crippen molar-refractivity contribution >= 4 is 41.5 Å². The van der Waals surface area contributed by atoms with Crippen LogP contribution in [0.25, 0.3) is 0 Å². The summed E-state index contributed by atoms with van der Waals surface area (Å²) in [5.41, 5.74) is 0. The van der Waals surface area contributed by atoms with Crippen molar-refractivity contribution in [2.45, 2.75) is 38.5 Å². The summed E-state index contributed by atoms with van der Waals surface area (Å²) in [6, 6.07) is 0. The molecular weight excluding hydrogens is 183 g/mol. The van der Waals surface area contributed by atoms with E-state index in [2.05, 4.69) is 0 Å². The van der Waals surface area contributed by atoms with E-state index in [-0.39, 0.29) is 42.4 Å². The summed E-state index contributed by atoms with van der Waals surface area (Å²) in [5, 5.41) is 16.5. The fourth-order valence-corrected chi connectivity index (χ4v) is 0.906. The van der Waals surface area contributed by atoms with Gasteiger partial charge in [-0.05, 0) is 12.8 Å². The zero-order valence-electron chi connectivity index (χ0n) is 7.95. The summed E-state index contributed by atoms with van der Waals surface area (Å²) in [6.07, 6.45) is 3.28. The van der Waals surface area contributed by atoms with E-state index in [0.29, 0.717) is 12.8 Å². The number of hydrogen-bond donors (Lipinski definition) is 2. The molecule has 0 aromatic heterocycles. The Labute approximate surface area is 99.6 Å².